The van der Waals surface area contributed by atoms with Gasteiger partial charge in [0, 0.05) is 55.4 Å². The molecule has 13 heteroatoms. The van der Waals surface area contributed by atoms with Gasteiger partial charge >= 0.3 is 6.18 Å². The summed E-state index contributed by atoms with van der Waals surface area (Å²) in [5.74, 6) is 1.54. The Labute approximate surface area is 252 Å². The number of hydrogen-bond donors (Lipinski definition) is 2. The van der Waals surface area contributed by atoms with Gasteiger partial charge in [0.05, 0.1) is 37.3 Å². The molecule has 2 N–H and O–H groups in total. The third-order valence-corrected chi connectivity index (χ3v) is 7.55. The van der Waals surface area contributed by atoms with Crippen LogP contribution in [0.3, 0.4) is 0 Å². The molecule has 0 aliphatic carbocycles. The van der Waals surface area contributed by atoms with Crippen molar-refractivity contribution in [2.75, 3.05) is 65.4 Å². The van der Waals surface area contributed by atoms with E-state index in [0.29, 0.717) is 38.1 Å². The van der Waals surface area contributed by atoms with Crippen molar-refractivity contribution in [1.82, 2.24) is 15.0 Å². The smallest absolute Gasteiger partial charge is 0.378 e. The summed E-state index contributed by atoms with van der Waals surface area (Å²) in [6.45, 7) is 6.03. The minimum atomic E-state index is -4.53. The fraction of sp³-hybridized carbons (Fsp3) is 0.290. The number of carbonyl (C=O) groups excluding carboxylic acids is 1. The second-order valence-electron chi connectivity index (χ2n) is 10.7. The minimum absolute atomic E-state index is 0.0704. The average molecular weight is 605 g/mol. The van der Waals surface area contributed by atoms with Gasteiger partial charge in [-0.1, -0.05) is 12.1 Å². The van der Waals surface area contributed by atoms with Crippen LogP contribution in [0.25, 0.3) is 0 Å². The lowest BCUT2D eigenvalue weighted by Gasteiger charge is -2.37. The second-order valence-corrected chi connectivity index (χ2v) is 10.7. The van der Waals surface area contributed by atoms with Crippen molar-refractivity contribution in [3.8, 4) is 0 Å². The molecular formula is C31H31F3N8O2. The van der Waals surface area contributed by atoms with Gasteiger partial charge in [0.2, 0.25) is 5.95 Å². The number of carbonyl (C=O) groups is 1. The van der Waals surface area contributed by atoms with Crippen LogP contribution in [0.15, 0.2) is 67.0 Å². The molecule has 0 spiro atoms. The molecule has 2 aliphatic rings. The number of alkyl halides is 3. The van der Waals surface area contributed by atoms with Gasteiger partial charge in [-0.15, -0.1) is 0 Å². The van der Waals surface area contributed by atoms with E-state index in [1.807, 2.05) is 43.1 Å². The number of rotatable bonds is 6. The van der Waals surface area contributed by atoms with Gasteiger partial charge in [0.1, 0.15) is 11.6 Å². The van der Waals surface area contributed by atoms with Gasteiger partial charge in [-0.3, -0.25) is 4.79 Å². The number of morpholine rings is 1. The van der Waals surface area contributed by atoms with Crippen molar-refractivity contribution >= 4 is 40.6 Å². The number of amides is 1. The summed E-state index contributed by atoms with van der Waals surface area (Å²) < 4.78 is 44.8. The lowest BCUT2D eigenvalue weighted by Crippen LogP contribution is -2.41. The number of nitrogens with zero attached hydrogens (tertiary/aromatic N) is 6. The Morgan fingerprint density at radius 2 is 1.75 bits per heavy atom. The van der Waals surface area contributed by atoms with Crippen molar-refractivity contribution in [3.63, 3.8) is 0 Å². The molecule has 4 aromatic rings. The van der Waals surface area contributed by atoms with Gasteiger partial charge in [-0.25, -0.2) is 9.97 Å². The highest BCUT2D eigenvalue weighted by Gasteiger charge is 2.31. The van der Waals surface area contributed by atoms with E-state index in [4.69, 9.17) is 9.72 Å². The molecule has 2 aromatic heterocycles. The van der Waals surface area contributed by atoms with E-state index in [1.165, 1.54) is 12.1 Å². The predicted octanol–water partition coefficient (Wildman–Crippen LogP) is 5.45. The van der Waals surface area contributed by atoms with Crippen LogP contribution in [0.2, 0.25) is 0 Å². The van der Waals surface area contributed by atoms with Crippen molar-refractivity contribution in [3.05, 3.63) is 89.2 Å². The molecule has 0 unspecified atom stereocenters. The largest absolute Gasteiger partial charge is 0.416 e. The summed E-state index contributed by atoms with van der Waals surface area (Å²) >= 11 is 0. The Bertz CT molecular complexity index is 1660. The molecule has 2 aliphatic heterocycles. The van der Waals surface area contributed by atoms with Gasteiger partial charge in [-0.2, -0.15) is 18.2 Å². The molecule has 0 atom stereocenters. The Balaban J connectivity index is 1.14. The van der Waals surface area contributed by atoms with Gasteiger partial charge in [-0.05, 0) is 55.0 Å². The summed E-state index contributed by atoms with van der Waals surface area (Å²) in [7, 11) is 1.94. The number of ether oxygens (including phenoxy) is 1. The summed E-state index contributed by atoms with van der Waals surface area (Å²) in [5, 5.41) is 5.97. The first-order valence-electron chi connectivity index (χ1n) is 14.1. The molecule has 44 heavy (non-hydrogen) atoms. The normalized spacial score (nSPS) is 15.2. The van der Waals surface area contributed by atoms with Crippen LogP contribution >= 0.6 is 0 Å². The standard InChI is InChI=1S/C31H31F3N8O2/c1-20-6-7-24(37-29(43)21-4-3-5-23(14-21)31(32,33)34)15-26(20)42-18-22-16-36-30(39-28(22)40(2)19-42)38-25-8-9-27(35-17-25)41-10-12-44-13-11-41/h3-9,14-17H,10-13,18-19H2,1-2H3,(H,37,43)(H,36,38,39). The van der Waals surface area contributed by atoms with E-state index in [0.717, 1.165) is 59.4 Å². The summed E-state index contributed by atoms with van der Waals surface area (Å²) in [5.41, 5.74) is 3.09. The highest BCUT2D eigenvalue weighted by Crippen LogP contribution is 2.33. The van der Waals surface area contributed by atoms with Gasteiger partial charge < -0.3 is 30.1 Å². The van der Waals surface area contributed by atoms with Crippen molar-refractivity contribution in [2.24, 2.45) is 0 Å². The van der Waals surface area contributed by atoms with Crippen LogP contribution in [0.4, 0.5) is 47.8 Å². The number of aromatic nitrogens is 3. The Morgan fingerprint density at radius 1 is 0.955 bits per heavy atom. The monoisotopic (exact) mass is 604 g/mol. The van der Waals surface area contributed by atoms with E-state index >= 15 is 0 Å². The van der Waals surface area contributed by atoms with Crippen LogP contribution in [-0.4, -0.2) is 60.9 Å². The number of hydrogen-bond acceptors (Lipinski definition) is 9. The molecule has 228 valence electrons. The van der Waals surface area contributed by atoms with Crippen molar-refractivity contribution in [1.29, 1.82) is 0 Å². The van der Waals surface area contributed by atoms with Gasteiger partial charge in [0.15, 0.2) is 0 Å². The SMILES string of the molecule is Cc1ccc(NC(=O)c2cccc(C(F)(F)F)c2)cc1N1Cc2cnc(Nc3ccc(N4CCOCC4)nc3)nc2N(C)C1. The minimum Gasteiger partial charge on any atom is -0.378 e. The fourth-order valence-corrected chi connectivity index (χ4v) is 5.28. The Morgan fingerprint density at radius 3 is 2.50 bits per heavy atom. The molecule has 0 radical (unpaired) electrons. The lowest BCUT2D eigenvalue weighted by atomic mass is 10.1. The van der Waals surface area contributed by atoms with Crippen LogP contribution in [-0.2, 0) is 17.5 Å². The average Bonchev–Trinajstić information content (AvgIpc) is 3.02. The van der Waals surface area contributed by atoms with E-state index in [-0.39, 0.29) is 5.56 Å². The third kappa shape index (κ3) is 6.37. The molecular weight excluding hydrogens is 573 g/mol. The zero-order valence-electron chi connectivity index (χ0n) is 24.2. The van der Waals surface area contributed by atoms with Crippen LogP contribution in [0.1, 0.15) is 27.0 Å². The van der Waals surface area contributed by atoms with Crippen molar-refractivity contribution < 1.29 is 22.7 Å². The quantitative estimate of drug-likeness (QED) is 0.298. The van der Waals surface area contributed by atoms with E-state index in [1.54, 1.807) is 18.5 Å². The maximum Gasteiger partial charge on any atom is 0.416 e. The van der Waals surface area contributed by atoms with Crippen LogP contribution in [0, 0.1) is 6.92 Å². The van der Waals surface area contributed by atoms with E-state index < -0.39 is 17.6 Å². The Kier molecular flexibility index (Phi) is 7.95. The molecule has 0 saturated carbocycles. The molecule has 1 saturated heterocycles. The first-order valence-corrected chi connectivity index (χ1v) is 14.1. The van der Waals surface area contributed by atoms with Crippen LogP contribution < -0.4 is 25.3 Å². The number of halogens is 3. The third-order valence-electron chi connectivity index (χ3n) is 7.55. The number of nitrogens with one attached hydrogen (secondary N) is 2. The number of benzene rings is 2. The highest BCUT2D eigenvalue weighted by molar-refractivity contribution is 6.04. The highest BCUT2D eigenvalue weighted by atomic mass is 19.4. The molecule has 0 bridgehead atoms. The van der Waals surface area contributed by atoms with E-state index in [2.05, 4.69) is 30.4 Å². The first-order chi connectivity index (χ1) is 21.1. The van der Waals surface area contributed by atoms with Crippen molar-refractivity contribution in [2.45, 2.75) is 19.6 Å². The zero-order chi connectivity index (χ0) is 30.8. The second kappa shape index (κ2) is 12.0. The predicted molar refractivity (Wildman–Crippen MR) is 163 cm³/mol. The number of fused-ring (bicyclic) bond motifs is 1. The maximum absolute atomic E-state index is 13.1. The molecule has 4 heterocycles. The number of pyridine rings is 1. The lowest BCUT2D eigenvalue weighted by molar-refractivity contribution is -0.137. The molecule has 6 rings (SSSR count). The van der Waals surface area contributed by atoms with Crippen LogP contribution in [0.5, 0.6) is 0 Å². The van der Waals surface area contributed by atoms with Gasteiger partial charge in [0.25, 0.3) is 5.91 Å². The summed E-state index contributed by atoms with van der Waals surface area (Å²) in [6, 6.07) is 13.7. The maximum atomic E-state index is 13.1. The van der Waals surface area contributed by atoms with E-state index in [9.17, 15) is 18.0 Å². The molecule has 1 fully saturated rings. The molecule has 1 amide bonds. The number of anilines is 6. The molecule has 10 nitrogen and oxygen atoms in total. The topological polar surface area (TPSA) is 98.8 Å². The Hall–Kier alpha value is -4.91. The summed E-state index contributed by atoms with van der Waals surface area (Å²) in [4.78, 5) is 33.0. The fourth-order valence-electron chi connectivity index (χ4n) is 5.28. The zero-order valence-corrected chi connectivity index (χ0v) is 24.2. The molecule has 2 aromatic carbocycles. The number of aryl methyl sites for hydroxylation is 1. The summed E-state index contributed by atoms with van der Waals surface area (Å²) in [6.07, 6.45) is -0.978. The first kappa shape index (κ1) is 29.2.